The molecule has 2 aromatic rings. The molecule has 0 aliphatic carbocycles. The molecule has 0 saturated carbocycles. The van der Waals surface area contributed by atoms with Gasteiger partial charge in [0, 0.05) is 37.0 Å². The minimum atomic E-state index is -4.88. The van der Waals surface area contributed by atoms with Crippen LogP contribution in [0.4, 0.5) is 13.6 Å². The van der Waals surface area contributed by atoms with Crippen LogP contribution in [0.3, 0.4) is 0 Å². The quantitative estimate of drug-likeness (QED) is 0.183. The van der Waals surface area contributed by atoms with Gasteiger partial charge in [0.25, 0.3) is 11.8 Å². The van der Waals surface area contributed by atoms with E-state index in [1.54, 1.807) is 0 Å². The zero-order valence-corrected chi connectivity index (χ0v) is 28.2. The number of hydrogen-bond donors (Lipinski definition) is 3. The Hall–Kier alpha value is -4.58. The zero-order valence-electron chi connectivity index (χ0n) is 27.3. The second-order valence-electron chi connectivity index (χ2n) is 12.5. The number of phosphoric acid groups is 1. The summed E-state index contributed by atoms with van der Waals surface area (Å²) >= 11 is 0. The van der Waals surface area contributed by atoms with Gasteiger partial charge in [0.05, 0.1) is 26.2 Å². The minimum absolute atomic E-state index is 0.0681. The SMILES string of the molecule is COC1=NO[C@@]2(CC[C@H](C)N3C[C@H]2n2cc(C(=O)NCc4ccc(F)cc4F)c(=O)c(OCOC(=O)OC(C)(C)COP(=O)(O)O)c2C3=O)C1. The van der Waals surface area contributed by atoms with Gasteiger partial charge >= 0.3 is 14.0 Å². The highest BCUT2D eigenvalue weighted by atomic mass is 31.2. The van der Waals surface area contributed by atoms with E-state index in [9.17, 15) is 32.5 Å². The minimum Gasteiger partial charge on any atom is -0.482 e. The summed E-state index contributed by atoms with van der Waals surface area (Å²) in [4.78, 5) is 79.2. The standard InChI is InChI=1S/C30H35F2N4O13P/c1-16-7-8-30(10-22(44-4)34-49-30)21-13-35(16)27(39)23-25(45-15-46-28(40)48-29(2,3)14-47-50(41,42)43)24(37)19(12-36(21)23)26(38)33-11-17-5-6-18(31)9-20(17)32/h5-6,9,12,16,21H,7-8,10-11,13-15H2,1-4H3,(H,33,38)(H2,41,42,43)/t16-,21+,30-/m0/s1. The van der Waals surface area contributed by atoms with Gasteiger partial charge in [0.1, 0.15) is 22.8 Å². The maximum atomic E-state index is 14.3. The summed E-state index contributed by atoms with van der Waals surface area (Å²) in [5, 5.41) is 6.48. The van der Waals surface area contributed by atoms with Gasteiger partial charge in [-0.2, -0.15) is 0 Å². The van der Waals surface area contributed by atoms with Crippen LogP contribution in [0.15, 0.2) is 34.3 Å². The number of amides is 2. The van der Waals surface area contributed by atoms with E-state index in [4.69, 9.17) is 33.6 Å². The predicted octanol–water partition coefficient (Wildman–Crippen LogP) is 2.73. The number of methoxy groups -OCH3 is 1. The van der Waals surface area contributed by atoms with Crippen LogP contribution >= 0.6 is 7.82 Å². The highest BCUT2D eigenvalue weighted by Crippen LogP contribution is 2.46. The van der Waals surface area contributed by atoms with E-state index >= 15 is 0 Å². The number of nitrogens with one attached hydrogen (secondary N) is 1. The van der Waals surface area contributed by atoms with Crippen LogP contribution < -0.4 is 15.5 Å². The Labute approximate surface area is 283 Å². The van der Waals surface area contributed by atoms with E-state index in [1.165, 1.54) is 36.6 Å². The Morgan fingerprint density at radius 3 is 2.64 bits per heavy atom. The fraction of sp³-hybridized carbons (Fsp3) is 0.500. The molecule has 3 N–H and O–H groups in total. The molecule has 1 aromatic heterocycles. The number of pyridine rings is 1. The first kappa shape index (κ1) is 36.7. The molecular weight excluding hydrogens is 693 g/mol. The number of halogens is 2. The third kappa shape index (κ3) is 7.75. The van der Waals surface area contributed by atoms with Gasteiger partial charge in [-0.3, -0.25) is 18.9 Å². The van der Waals surface area contributed by atoms with Crippen molar-refractivity contribution in [1.29, 1.82) is 0 Å². The lowest BCUT2D eigenvalue weighted by Crippen LogP contribution is -2.52. The number of carbonyl (C=O) groups is 3. The van der Waals surface area contributed by atoms with Crippen LogP contribution in [-0.4, -0.2) is 87.4 Å². The van der Waals surface area contributed by atoms with E-state index in [1.807, 2.05) is 6.92 Å². The molecule has 0 radical (unpaired) electrons. The van der Waals surface area contributed by atoms with Crippen LogP contribution in [-0.2, 0) is 34.7 Å². The highest BCUT2D eigenvalue weighted by molar-refractivity contribution is 7.46. The van der Waals surface area contributed by atoms with Crippen molar-refractivity contribution in [2.75, 3.05) is 27.1 Å². The number of carbonyl (C=O) groups excluding carboxylic acids is 3. The molecule has 3 atom stereocenters. The van der Waals surface area contributed by atoms with E-state index in [0.29, 0.717) is 24.8 Å². The monoisotopic (exact) mass is 728 g/mol. The van der Waals surface area contributed by atoms with Gasteiger partial charge in [-0.05, 0) is 39.7 Å². The van der Waals surface area contributed by atoms with Crippen LogP contribution in [0.25, 0.3) is 0 Å². The molecule has 5 rings (SSSR count). The number of hydrogen-bond acceptors (Lipinski definition) is 12. The molecule has 1 saturated heterocycles. The van der Waals surface area contributed by atoms with Crippen molar-refractivity contribution in [2.45, 2.75) is 69.9 Å². The van der Waals surface area contributed by atoms with E-state index in [2.05, 4.69) is 15.0 Å². The van der Waals surface area contributed by atoms with Crippen LogP contribution in [0.2, 0.25) is 0 Å². The zero-order chi connectivity index (χ0) is 36.6. The maximum Gasteiger partial charge on any atom is 0.511 e. The fourth-order valence-electron chi connectivity index (χ4n) is 5.91. The van der Waals surface area contributed by atoms with Crippen molar-refractivity contribution in [3.63, 3.8) is 0 Å². The lowest BCUT2D eigenvalue weighted by atomic mass is 9.85. The summed E-state index contributed by atoms with van der Waals surface area (Å²) in [6.07, 6.45) is 0.880. The van der Waals surface area contributed by atoms with Crippen molar-refractivity contribution in [3.05, 3.63) is 63.1 Å². The van der Waals surface area contributed by atoms with Gasteiger partial charge in [-0.1, -0.05) is 11.2 Å². The smallest absolute Gasteiger partial charge is 0.482 e. The van der Waals surface area contributed by atoms with Gasteiger partial charge in [0.15, 0.2) is 11.3 Å². The number of oxime groups is 1. The Bertz CT molecular complexity index is 1830. The van der Waals surface area contributed by atoms with Crippen LogP contribution in [0.1, 0.15) is 72.5 Å². The molecule has 3 aliphatic rings. The van der Waals surface area contributed by atoms with Crippen molar-refractivity contribution in [1.82, 2.24) is 14.8 Å². The Morgan fingerprint density at radius 1 is 1.24 bits per heavy atom. The molecule has 20 heteroatoms. The average Bonchev–Trinajstić information content (AvgIpc) is 3.42. The number of aromatic nitrogens is 1. The Kier molecular flexibility index (Phi) is 10.3. The average molecular weight is 729 g/mol. The number of benzene rings is 1. The molecule has 1 spiro atoms. The van der Waals surface area contributed by atoms with Crippen LogP contribution in [0, 0.1) is 11.6 Å². The van der Waals surface area contributed by atoms with E-state index in [-0.39, 0.29) is 30.3 Å². The molecule has 3 aliphatic heterocycles. The van der Waals surface area contributed by atoms with Crippen molar-refractivity contribution >= 4 is 31.7 Å². The van der Waals surface area contributed by atoms with Crippen LogP contribution in [0.5, 0.6) is 5.75 Å². The molecule has 1 aromatic carbocycles. The van der Waals surface area contributed by atoms with E-state index in [0.717, 1.165) is 12.1 Å². The number of nitrogens with zero attached hydrogens (tertiary/aromatic N) is 3. The first-order valence-electron chi connectivity index (χ1n) is 15.2. The predicted molar refractivity (Wildman–Crippen MR) is 165 cm³/mol. The second-order valence-corrected chi connectivity index (χ2v) is 13.8. The molecule has 17 nitrogen and oxygen atoms in total. The summed E-state index contributed by atoms with van der Waals surface area (Å²) in [6.45, 7) is 2.34. The molecule has 1 fully saturated rings. The summed E-state index contributed by atoms with van der Waals surface area (Å²) in [7, 11) is -3.45. The number of fused-ring (bicyclic) bond motifs is 5. The normalized spacial score (nSPS) is 21.5. The molecule has 4 heterocycles. The first-order valence-corrected chi connectivity index (χ1v) is 16.8. The summed E-state index contributed by atoms with van der Waals surface area (Å²) in [5.74, 6) is -3.72. The molecule has 272 valence electrons. The van der Waals surface area contributed by atoms with Crippen molar-refractivity contribution in [2.24, 2.45) is 5.16 Å². The van der Waals surface area contributed by atoms with E-state index < -0.39 is 91.4 Å². The van der Waals surface area contributed by atoms with Crippen molar-refractivity contribution < 1.29 is 65.8 Å². The summed E-state index contributed by atoms with van der Waals surface area (Å²) in [5.41, 5.74) is -4.58. The molecule has 50 heavy (non-hydrogen) atoms. The molecular formula is C30H35F2N4O13P. The highest BCUT2D eigenvalue weighted by Gasteiger charge is 2.55. The number of rotatable bonds is 10. The third-order valence-corrected chi connectivity index (χ3v) is 8.99. The second kappa shape index (κ2) is 14.0. The topological polar surface area (TPSA) is 214 Å². The lowest BCUT2D eigenvalue weighted by Gasteiger charge is -2.42. The van der Waals surface area contributed by atoms with Gasteiger partial charge in [0.2, 0.25) is 23.9 Å². The lowest BCUT2D eigenvalue weighted by molar-refractivity contribution is -0.0668. The van der Waals surface area contributed by atoms with Gasteiger partial charge in [-0.25, -0.2) is 18.1 Å². The maximum absolute atomic E-state index is 14.3. The molecule has 2 amide bonds. The molecule has 2 bridgehead atoms. The Balaban J connectivity index is 1.49. The van der Waals surface area contributed by atoms with Gasteiger partial charge < -0.3 is 48.4 Å². The largest absolute Gasteiger partial charge is 0.511 e. The van der Waals surface area contributed by atoms with Crippen molar-refractivity contribution in [3.8, 4) is 5.75 Å². The van der Waals surface area contributed by atoms with Gasteiger partial charge in [-0.15, -0.1) is 0 Å². The summed E-state index contributed by atoms with van der Waals surface area (Å²) < 4.78 is 65.4. The summed E-state index contributed by atoms with van der Waals surface area (Å²) in [6, 6.07) is 1.71. The first-order chi connectivity index (χ1) is 23.4. The molecule has 0 unspecified atom stereocenters. The number of ether oxygens (including phenoxy) is 4. The third-order valence-electron chi connectivity index (χ3n) is 8.52. The number of phosphoric ester groups is 1. The Morgan fingerprint density at radius 2 is 1.98 bits per heavy atom. The fourth-order valence-corrected chi connectivity index (χ4v) is 6.39.